The predicted molar refractivity (Wildman–Crippen MR) is 85.3 cm³/mol. The first-order valence-electron chi connectivity index (χ1n) is 7.34. The van der Waals surface area contributed by atoms with Gasteiger partial charge < -0.3 is 14.7 Å². The summed E-state index contributed by atoms with van der Waals surface area (Å²) in [5.41, 5.74) is 1.51. The zero-order chi connectivity index (χ0) is 15.5. The van der Waals surface area contributed by atoms with Gasteiger partial charge in [-0.25, -0.2) is 0 Å². The van der Waals surface area contributed by atoms with Crippen molar-refractivity contribution in [1.29, 1.82) is 0 Å². The minimum Gasteiger partial charge on any atom is -0.371 e. The molecule has 1 aromatic heterocycles. The third kappa shape index (κ3) is 3.42. The van der Waals surface area contributed by atoms with Crippen molar-refractivity contribution >= 4 is 23.2 Å². The first kappa shape index (κ1) is 14.9. The van der Waals surface area contributed by atoms with E-state index in [1.165, 1.54) is 5.69 Å². The van der Waals surface area contributed by atoms with Crippen LogP contribution in [0.1, 0.15) is 22.7 Å². The molecule has 1 saturated heterocycles. The number of aromatic nitrogens is 1. The highest BCUT2D eigenvalue weighted by Crippen LogP contribution is 2.24. The molecular formula is C16H18ClN3O2. The average molecular weight is 320 g/mol. The third-order valence-electron chi connectivity index (χ3n) is 3.89. The summed E-state index contributed by atoms with van der Waals surface area (Å²) in [6.45, 7) is 4.34. The molecule has 5 nitrogen and oxygen atoms in total. The Labute approximate surface area is 134 Å². The lowest BCUT2D eigenvalue weighted by atomic mass is 10.1. The van der Waals surface area contributed by atoms with Crippen LogP contribution in [0.4, 0.5) is 5.69 Å². The number of hydrogen-bond acceptors (Lipinski definition) is 4. The molecule has 1 fully saturated rings. The molecule has 1 aromatic carbocycles. The first-order chi connectivity index (χ1) is 10.6. The lowest BCUT2D eigenvalue weighted by Crippen LogP contribution is -2.31. The first-order valence-corrected chi connectivity index (χ1v) is 7.71. The monoisotopic (exact) mass is 319 g/mol. The maximum absolute atomic E-state index is 11.9. The molecule has 2 heterocycles. The molecule has 6 heteroatoms. The van der Waals surface area contributed by atoms with Crippen molar-refractivity contribution in [2.75, 3.05) is 24.5 Å². The Morgan fingerprint density at radius 2 is 2.23 bits per heavy atom. The van der Waals surface area contributed by atoms with E-state index in [9.17, 15) is 4.79 Å². The summed E-state index contributed by atoms with van der Waals surface area (Å²) >= 11 is 5.91. The van der Waals surface area contributed by atoms with Crippen molar-refractivity contribution < 1.29 is 9.32 Å². The topological polar surface area (TPSA) is 58.4 Å². The highest BCUT2D eigenvalue weighted by atomic mass is 35.5. The Kier molecular flexibility index (Phi) is 4.34. The lowest BCUT2D eigenvalue weighted by Gasteiger charge is -2.18. The Morgan fingerprint density at radius 3 is 2.91 bits per heavy atom. The van der Waals surface area contributed by atoms with Crippen molar-refractivity contribution in [3.05, 3.63) is 46.8 Å². The number of carbonyl (C=O) groups is 1. The maximum atomic E-state index is 11.9. The number of benzene rings is 1. The molecule has 1 amide bonds. The predicted octanol–water partition coefficient (Wildman–Crippen LogP) is 2.89. The van der Waals surface area contributed by atoms with E-state index in [4.69, 9.17) is 16.1 Å². The van der Waals surface area contributed by atoms with E-state index in [0.29, 0.717) is 23.9 Å². The summed E-state index contributed by atoms with van der Waals surface area (Å²) < 4.78 is 4.91. The minimum atomic E-state index is -0.179. The second-order valence-corrected chi connectivity index (χ2v) is 6.05. The van der Waals surface area contributed by atoms with E-state index in [2.05, 4.69) is 15.4 Å². The molecule has 22 heavy (non-hydrogen) atoms. The molecular weight excluding hydrogens is 302 g/mol. The number of hydrogen-bond donors (Lipinski definition) is 1. The fourth-order valence-corrected chi connectivity index (χ4v) is 2.81. The van der Waals surface area contributed by atoms with Crippen molar-refractivity contribution in [2.24, 2.45) is 5.92 Å². The van der Waals surface area contributed by atoms with Crippen LogP contribution >= 0.6 is 11.6 Å². The number of nitrogens with one attached hydrogen (secondary N) is 1. The average Bonchev–Trinajstić information content (AvgIpc) is 3.15. The number of anilines is 1. The van der Waals surface area contributed by atoms with E-state index in [0.717, 1.165) is 24.5 Å². The van der Waals surface area contributed by atoms with Crippen molar-refractivity contribution in [3.63, 3.8) is 0 Å². The molecule has 0 spiro atoms. The summed E-state index contributed by atoms with van der Waals surface area (Å²) in [5, 5.41) is 7.39. The quantitative estimate of drug-likeness (QED) is 0.941. The van der Waals surface area contributed by atoms with Crippen LogP contribution in [0.2, 0.25) is 5.02 Å². The van der Waals surface area contributed by atoms with Crippen molar-refractivity contribution in [2.45, 2.75) is 13.3 Å². The molecule has 1 atom stereocenters. The number of nitrogens with zero attached hydrogens (tertiary/aromatic N) is 2. The summed E-state index contributed by atoms with van der Waals surface area (Å²) in [4.78, 5) is 14.3. The third-order valence-corrected chi connectivity index (χ3v) is 4.14. The summed E-state index contributed by atoms with van der Waals surface area (Å²) in [7, 11) is 0. The van der Waals surface area contributed by atoms with Gasteiger partial charge in [0.25, 0.3) is 5.91 Å². The molecule has 116 valence electrons. The second-order valence-electron chi connectivity index (χ2n) is 5.61. The van der Waals surface area contributed by atoms with Crippen LogP contribution in [-0.2, 0) is 0 Å². The number of aryl methyl sites for hydroxylation is 1. The highest BCUT2D eigenvalue weighted by Gasteiger charge is 2.23. The van der Waals surface area contributed by atoms with Gasteiger partial charge in [-0.2, -0.15) is 0 Å². The van der Waals surface area contributed by atoms with E-state index < -0.39 is 0 Å². The maximum Gasteiger partial charge on any atom is 0.273 e. The minimum absolute atomic E-state index is 0.179. The molecule has 1 aliphatic heterocycles. The normalized spacial score (nSPS) is 17.7. The Bertz CT molecular complexity index is 654. The van der Waals surface area contributed by atoms with Gasteiger partial charge in [0, 0.05) is 36.4 Å². The van der Waals surface area contributed by atoms with Crippen LogP contribution in [-0.4, -0.2) is 30.7 Å². The van der Waals surface area contributed by atoms with Gasteiger partial charge in [0.15, 0.2) is 5.69 Å². The Morgan fingerprint density at radius 1 is 1.45 bits per heavy atom. The van der Waals surface area contributed by atoms with Gasteiger partial charge >= 0.3 is 0 Å². The molecule has 3 rings (SSSR count). The molecule has 0 bridgehead atoms. The number of rotatable bonds is 4. The Hall–Kier alpha value is -2.01. The largest absolute Gasteiger partial charge is 0.371 e. The smallest absolute Gasteiger partial charge is 0.273 e. The molecule has 0 saturated carbocycles. The molecule has 0 unspecified atom stereocenters. The molecule has 0 aliphatic carbocycles. The highest BCUT2D eigenvalue weighted by molar-refractivity contribution is 6.30. The molecule has 1 aliphatic rings. The van der Waals surface area contributed by atoms with Crippen molar-refractivity contribution in [3.8, 4) is 0 Å². The number of carbonyl (C=O) groups excluding carboxylic acids is 1. The standard InChI is InChI=1S/C16H18ClN3O2/c1-11-8-15(19-22-11)16(21)18-9-12-6-7-20(10-12)14-4-2-13(17)3-5-14/h2-5,8,12H,6-7,9-10H2,1H3,(H,18,21)/t12-/m0/s1. The van der Waals surface area contributed by atoms with Crippen LogP contribution in [0.5, 0.6) is 0 Å². The van der Waals surface area contributed by atoms with Gasteiger partial charge in [-0.3, -0.25) is 4.79 Å². The summed E-state index contributed by atoms with van der Waals surface area (Å²) in [6, 6.07) is 9.50. The molecule has 1 N–H and O–H groups in total. The summed E-state index contributed by atoms with van der Waals surface area (Å²) in [5.74, 6) is 0.898. The SMILES string of the molecule is Cc1cc(C(=O)NC[C@@H]2CCN(c3ccc(Cl)cc3)C2)no1. The van der Waals surface area contributed by atoms with Gasteiger partial charge in [-0.05, 0) is 43.5 Å². The summed E-state index contributed by atoms with van der Waals surface area (Å²) in [6.07, 6.45) is 1.06. The van der Waals surface area contributed by atoms with Crippen LogP contribution in [0.25, 0.3) is 0 Å². The van der Waals surface area contributed by atoms with E-state index in [1.807, 2.05) is 24.3 Å². The Balaban J connectivity index is 1.51. The number of amides is 1. The van der Waals surface area contributed by atoms with E-state index in [-0.39, 0.29) is 5.91 Å². The van der Waals surface area contributed by atoms with Gasteiger partial charge in [-0.15, -0.1) is 0 Å². The van der Waals surface area contributed by atoms with Gasteiger partial charge in [0.05, 0.1) is 0 Å². The van der Waals surface area contributed by atoms with Crippen molar-refractivity contribution in [1.82, 2.24) is 10.5 Å². The van der Waals surface area contributed by atoms with Gasteiger partial charge in [-0.1, -0.05) is 16.8 Å². The number of halogens is 1. The van der Waals surface area contributed by atoms with Gasteiger partial charge in [0.1, 0.15) is 5.76 Å². The molecule has 0 radical (unpaired) electrons. The lowest BCUT2D eigenvalue weighted by molar-refractivity contribution is 0.0939. The zero-order valence-corrected chi connectivity index (χ0v) is 13.1. The van der Waals surface area contributed by atoms with Gasteiger partial charge in [0.2, 0.25) is 0 Å². The second kappa shape index (κ2) is 6.40. The van der Waals surface area contributed by atoms with Crippen LogP contribution in [0.3, 0.4) is 0 Å². The van der Waals surface area contributed by atoms with Crippen LogP contribution < -0.4 is 10.2 Å². The van der Waals surface area contributed by atoms with Crippen LogP contribution in [0.15, 0.2) is 34.9 Å². The fourth-order valence-electron chi connectivity index (χ4n) is 2.69. The fraction of sp³-hybridized carbons (Fsp3) is 0.375. The van der Waals surface area contributed by atoms with E-state index in [1.54, 1.807) is 13.0 Å². The van der Waals surface area contributed by atoms with Crippen LogP contribution in [0, 0.1) is 12.8 Å². The zero-order valence-electron chi connectivity index (χ0n) is 12.4. The van der Waals surface area contributed by atoms with E-state index >= 15 is 0 Å². The molecule has 2 aromatic rings.